The molecule has 0 bridgehead atoms. The second-order valence-corrected chi connectivity index (χ2v) is 4.72. The SMILES string of the molecule is COC1CCCC1NCCSC(F)(F)F. The first-order chi connectivity index (χ1) is 7.03. The Hall–Kier alpha value is 0.0600. The van der Waals surface area contributed by atoms with Gasteiger partial charge in [0.15, 0.2) is 0 Å². The van der Waals surface area contributed by atoms with Gasteiger partial charge in [0.2, 0.25) is 0 Å². The first kappa shape index (κ1) is 13.1. The smallest absolute Gasteiger partial charge is 0.380 e. The molecule has 0 aromatic carbocycles. The van der Waals surface area contributed by atoms with E-state index in [2.05, 4.69) is 5.32 Å². The average Bonchev–Trinajstić information content (AvgIpc) is 2.58. The van der Waals surface area contributed by atoms with Gasteiger partial charge in [0.05, 0.1) is 6.10 Å². The highest BCUT2D eigenvalue weighted by Gasteiger charge is 2.29. The van der Waals surface area contributed by atoms with E-state index >= 15 is 0 Å². The molecule has 1 fully saturated rings. The highest BCUT2D eigenvalue weighted by atomic mass is 32.2. The quantitative estimate of drug-likeness (QED) is 0.749. The molecule has 15 heavy (non-hydrogen) atoms. The molecule has 1 saturated carbocycles. The molecule has 0 aliphatic heterocycles. The van der Waals surface area contributed by atoms with E-state index in [9.17, 15) is 13.2 Å². The summed E-state index contributed by atoms with van der Waals surface area (Å²) in [7, 11) is 1.65. The fourth-order valence-corrected chi connectivity index (χ4v) is 2.30. The molecule has 0 amide bonds. The van der Waals surface area contributed by atoms with Gasteiger partial charge >= 0.3 is 5.51 Å². The largest absolute Gasteiger partial charge is 0.441 e. The van der Waals surface area contributed by atoms with Gasteiger partial charge < -0.3 is 10.1 Å². The predicted octanol–water partition coefficient (Wildman–Crippen LogP) is 2.40. The van der Waals surface area contributed by atoms with Crippen LogP contribution in [0.15, 0.2) is 0 Å². The van der Waals surface area contributed by atoms with Crippen LogP contribution in [0.4, 0.5) is 13.2 Å². The van der Waals surface area contributed by atoms with Gasteiger partial charge in [-0.1, -0.05) is 0 Å². The molecule has 1 N–H and O–H groups in total. The Morgan fingerprint density at radius 2 is 2.13 bits per heavy atom. The van der Waals surface area contributed by atoms with Gasteiger partial charge in [-0.2, -0.15) is 13.2 Å². The number of halogens is 3. The summed E-state index contributed by atoms with van der Waals surface area (Å²) >= 11 is 0.0225. The highest BCUT2D eigenvalue weighted by molar-refractivity contribution is 8.00. The minimum Gasteiger partial charge on any atom is -0.380 e. The van der Waals surface area contributed by atoms with Crippen LogP contribution in [-0.2, 0) is 4.74 Å². The zero-order chi connectivity index (χ0) is 11.3. The van der Waals surface area contributed by atoms with E-state index in [0.29, 0.717) is 6.54 Å². The fourth-order valence-electron chi connectivity index (χ4n) is 1.85. The minimum absolute atomic E-state index is 0.0225. The third-order valence-corrected chi connectivity index (χ3v) is 3.27. The highest BCUT2D eigenvalue weighted by Crippen LogP contribution is 2.29. The van der Waals surface area contributed by atoms with Crippen LogP contribution in [-0.4, -0.2) is 37.1 Å². The number of hydrogen-bond donors (Lipinski definition) is 1. The number of rotatable bonds is 5. The second kappa shape index (κ2) is 5.96. The summed E-state index contributed by atoms with van der Waals surface area (Å²) in [6.07, 6.45) is 3.25. The molecule has 2 atom stereocenters. The summed E-state index contributed by atoms with van der Waals surface area (Å²) in [5.41, 5.74) is -4.11. The van der Waals surface area contributed by atoms with Gasteiger partial charge in [-0.25, -0.2) is 0 Å². The predicted molar refractivity (Wildman–Crippen MR) is 55.0 cm³/mol. The van der Waals surface area contributed by atoms with Gasteiger partial charge in [0, 0.05) is 25.4 Å². The average molecular weight is 243 g/mol. The molecule has 0 aromatic rings. The van der Waals surface area contributed by atoms with E-state index < -0.39 is 5.51 Å². The van der Waals surface area contributed by atoms with Crippen LogP contribution in [0.5, 0.6) is 0 Å². The summed E-state index contributed by atoms with van der Waals surface area (Å²) in [4.78, 5) is 0. The molecule has 0 aromatic heterocycles. The van der Waals surface area contributed by atoms with Gasteiger partial charge in [-0.3, -0.25) is 0 Å². The van der Waals surface area contributed by atoms with Gasteiger partial charge in [0.25, 0.3) is 0 Å². The number of nitrogens with one attached hydrogen (secondary N) is 1. The van der Waals surface area contributed by atoms with E-state index in [1.807, 2.05) is 0 Å². The van der Waals surface area contributed by atoms with Crippen LogP contribution in [0, 0.1) is 0 Å². The molecule has 0 spiro atoms. The van der Waals surface area contributed by atoms with Crippen molar-refractivity contribution in [3.8, 4) is 0 Å². The van der Waals surface area contributed by atoms with Crippen LogP contribution in [0.2, 0.25) is 0 Å². The van der Waals surface area contributed by atoms with E-state index in [-0.39, 0.29) is 29.7 Å². The Bertz CT molecular complexity index is 189. The molecule has 2 nitrogen and oxygen atoms in total. The van der Waals surface area contributed by atoms with Crippen molar-refractivity contribution in [2.75, 3.05) is 19.4 Å². The van der Waals surface area contributed by atoms with Crippen LogP contribution >= 0.6 is 11.8 Å². The van der Waals surface area contributed by atoms with E-state index in [1.54, 1.807) is 7.11 Å². The van der Waals surface area contributed by atoms with Crippen LogP contribution in [0.3, 0.4) is 0 Å². The zero-order valence-corrected chi connectivity index (χ0v) is 9.46. The van der Waals surface area contributed by atoms with Crippen molar-refractivity contribution < 1.29 is 17.9 Å². The summed E-state index contributed by atoms with van der Waals surface area (Å²) in [6, 6.07) is 0.226. The molecule has 90 valence electrons. The summed E-state index contributed by atoms with van der Waals surface area (Å²) < 4.78 is 40.7. The lowest BCUT2D eigenvalue weighted by Gasteiger charge is -2.19. The van der Waals surface area contributed by atoms with Crippen LogP contribution in [0.25, 0.3) is 0 Å². The Labute approximate surface area is 91.9 Å². The number of alkyl halides is 3. The lowest BCUT2D eigenvalue weighted by Crippen LogP contribution is -2.38. The van der Waals surface area contributed by atoms with Crippen molar-refractivity contribution in [2.24, 2.45) is 0 Å². The van der Waals surface area contributed by atoms with Gasteiger partial charge in [-0.05, 0) is 31.0 Å². The minimum atomic E-state index is -4.11. The molecule has 1 rings (SSSR count). The second-order valence-electron chi connectivity index (χ2n) is 3.56. The summed E-state index contributed by atoms with van der Waals surface area (Å²) in [5, 5.41) is 3.11. The topological polar surface area (TPSA) is 21.3 Å². The van der Waals surface area contributed by atoms with E-state index in [1.165, 1.54) is 0 Å². The van der Waals surface area contributed by atoms with Crippen molar-refractivity contribution in [1.82, 2.24) is 5.32 Å². The standard InChI is InChI=1S/C9H16F3NOS/c1-14-8-4-2-3-7(8)13-5-6-15-9(10,11)12/h7-8,13H,2-6H2,1H3. The summed E-state index contributed by atoms with van der Waals surface area (Å²) in [5.74, 6) is 0.0659. The molecule has 1 aliphatic carbocycles. The molecule has 0 radical (unpaired) electrons. The normalized spacial score (nSPS) is 27.2. The van der Waals surface area contributed by atoms with Crippen molar-refractivity contribution in [2.45, 2.75) is 36.9 Å². The Morgan fingerprint density at radius 3 is 2.73 bits per heavy atom. The lowest BCUT2D eigenvalue weighted by atomic mass is 10.2. The maximum Gasteiger partial charge on any atom is 0.441 e. The van der Waals surface area contributed by atoms with Gasteiger partial charge in [-0.15, -0.1) is 0 Å². The summed E-state index contributed by atoms with van der Waals surface area (Å²) in [6.45, 7) is 0.384. The number of hydrogen-bond acceptors (Lipinski definition) is 3. The number of thioether (sulfide) groups is 1. The number of ether oxygens (including phenoxy) is 1. The van der Waals surface area contributed by atoms with E-state index in [4.69, 9.17) is 4.74 Å². The van der Waals surface area contributed by atoms with Crippen molar-refractivity contribution in [3.05, 3.63) is 0 Å². The third kappa shape index (κ3) is 5.08. The van der Waals surface area contributed by atoms with Crippen molar-refractivity contribution in [3.63, 3.8) is 0 Å². The first-order valence-corrected chi connectivity index (χ1v) is 5.98. The molecule has 6 heteroatoms. The molecular formula is C9H16F3NOS. The van der Waals surface area contributed by atoms with Crippen LogP contribution < -0.4 is 5.32 Å². The fraction of sp³-hybridized carbons (Fsp3) is 1.00. The third-order valence-electron chi connectivity index (χ3n) is 2.53. The zero-order valence-electron chi connectivity index (χ0n) is 8.64. The Kier molecular flexibility index (Phi) is 5.22. The van der Waals surface area contributed by atoms with Gasteiger partial charge in [0.1, 0.15) is 0 Å². The molecule has 0 heterocycles. The first-order valence-electron chi connectivity index (χ1n) is 5.00. The van der Waals surface area contributed by atoms with Crippen LogP contribution in [0.1, 0.15) is 19.3 Å². The van der Waals surface area contributed by atoms with E-state index in [0.717, 1.165) is 19.3 Å². The lowest BCUT2D eigenvalue weighted by molar-refractivity contribution is -0.0327. The Balaban J connectivity index is 2.09. The Morgan fingerprint density at radius 1 is 1.40 bits per heavy atom. The molecule has 2 unspecified atom stereocenters. The number of methoxy groups -OCH3 is 1. The maximum atomic E-state index is 11.8. The molecule has 0 saturated heterocycles. The molecular weight excluding hydrogens is 227 g/mol. The van der Waals surface area contributed by atoms with Crippen molar-refractivity contribution >= 4 is 11.8 Å². The van der Waals surface area contributed by atoms with Crippen molar-refractivity contribution in [1.29, 1.82) is 0 Å². The molecule has 1 aliphatic rings. The monoisotopic (exact) mass is 243 g/mol. The maximum absolute atomic E-state index is 11.8.